The minimum Gasteiger partial charge on any atom is -0.478 e. The van der Waals surface area contributed by atoms with Crippen LogP contribution in [0.4, 0.5) is 18.0 Å². The molecule has 2 N–H and O–H groups in total. The topological polar surface area (TPSA) is 99.2 Å². The molecule has 192 valence electrons. The molecular formula is C24H23ClF3N3O5. The molecule has 2 aromatic carbocycles. The normalized spacial score (nSPS) is 16.0. The summed E-state index contributed by atoms with van der Waals surface area (Å²) in [5.41, 5.74) is 0.910. The number of aliphatic carboxylic acids is 1. The minimum absolute atomic E-state index is 0.00228. The van der Waals surface area contributed by atoms with Crippen molar-refractivity contribution >= 4 is 29.5 Å². The van der Waals surface area contributed by atoms with Gasteiger partial charge in [0, 0.05) is 36.4 Å². The van der Waals surface area contributed by atoms with Gasteiger partial charge in [-0.25, -0.2) is 9.59 Å². The zero-order chi connectivity index (χ0) is 26.6. The molecule has 1 aliphatic rings. The lowest BCUT2D eigenvalue weighted by atomic mass is 9.93. The number of ether oxygens (including phenoxy) is 1. The van der Waals surface area contributed by atoms with Gasteiger partial charge in [0.05, 0.1) is 11.6 Å². The third-order valence-electron chi connectivity index (χ3n) is 5.51. The number of halogens is 4. The molecular weight excluding hydrogens is 503 g/mol. The molecule has 0 saturated carbocycles. The molecule has 1 heterocycles. The number of nitrogens with one attached hydrogen (secondary N) is 1. The van der Waals surface area contributed by atoms with E-state index in [2.05, 4.69) is 10.1 Å². The number of benzene rings is 2. The van der Waals surface area contributed by atoms with Gasteiger partial charge in [0.25, 0.3) is 5.91 Å². The second-order valence-corrected chi connectivity index (χ2v) is 8.51. The average molecular weight is 526 g/mol. The first-order valence-electron chi connectivity index (χ1n) is 10.8. The van der Waals surface area contributed by atoms with Crippen LogP contribution >= 0.6 is 11.6 Å². The highest BCUT2D eigenvalue weighted by Gasteiger charge is 2.37. The zero-order valence-corrected chi connectivity index (χ0v) is 20.1. The van der Waals surface area contributed by atoms with Crippen molar-refractivity contribution in [3.63, 3.8) is 0 Å². The molecule has 1 aliphatic heterocycles. The van der Waals surface area contributed by atoms with E-state index in [-0.39, 0.29) is 29.9 Å². The Bertz CT molecular complexity index is 1180. The van der Waals surface area contributed by atoms with E-state index in [0.717, 1.165) is 12.1 Å². The number of carbonyl (C=O) groups excluding carboxylic acids is 2. The second kappa shape index (κ2) is 10.9. The largest absolute Gasteiger partial charge is 0.573 e. The van der Waals surface area contributed by atoms with Crippen molar-refractivity contribution < 1.29 is 37.4 Å². The van der Waals surface area contributed by atoms with Crippen LogP contribution in [0, 0.1) is 0 Å². The summed E-state index contributed by atoms with van der Waals surface area (Å²) in [5, 5.41) is 12.8. The quantitative estimate of drug-likeness (QED) is 0.514. The highest BCUT2D eigenvalue weighted by Crippen LogP contribution is 2.34. The summed E-state index contributed by atoms with van der Waals surface area (Å²) in [4.78, 5) is 40.2. The van der Waals surface area contributed by atoms with Gasteiger partial charge < -0.3 is 25.0 Å². The molecule has 8 nitrogen and oxygen atoms in total. The summed E-state index contributed by atoms with van der Waals surface area (Å²) in [7, 11) is 1.51. The third-order valence-corrected chi connectivity index (χ3v) is 5.75. The Morgan fingerprint density at radius 2 is 1.86 bits per heavy atom. The van der Waals surface area contributed by atoms with Gasteiger partial charge in [0.2, 0.25) is 0 Å². The number of hydrogen-bond acceptors (Lipinski definition) is 4. The smallest absolute Gasteiger partial charge is 0.478 e. The molecule has 0 aliphatic carbocycles. The third kappa shape index (κ3) is 6.48. The fourth-order valence-electron chi connectivity index (χ4n) is 3.91. The first-order valence-corrected chi connectivity index (χ1v) is 11.1. The average Bonchev–Trinajstić information content (AvgIpc) is 2.78. The number of alkyl halides is 3. The molecule has 2 aromatic rings. The number of rotatable bonds is 8. The van der Waals surface area contributed by atoms with Gasteiger partial charge in [-0.2, -0.15) is 0 Å². The summed E-state index contributed by atoms with van der Waals surface area (Å²) < 4.78 is 40.8. The van der Waals surface area contributed by atoms with Gasteiger partial charge in [-0.1, -0.05) is 23.7 Å². The van der Waals surface area contributed by atoms with E-state index in [4.69, 9.17) is 11.6 Å². The molecule has 36 heavy (non-hydrogen) atoms. The number of carboxylic acid groups (broad SMARTS) is 1. The van der Waals surface area contributed by atoms with Crippen molar-refractivity contribution in [1.29, 1.82) is 0 Å². The lowest BCUT2D eigenvalue weighted by Gasteiger charge is -2.37. The molecule has 1 unspecified atom stereocenters. The zero-order valence-electron chi connectivity index (χ0n) is 19.3. The number of carbonyl (C=O) groups is 3. The molecule has 1 atom stereocenters. The Labute approximate surface area is 209 Å². The van der Waals surface area contributed by atoms with Crippen LogP contribution in [-0.4, -0.2) is 59.3 Å². The van der Waals surface area contributed by atoms with Gasteiger partial charge >= 0.3 is 18.4 Å². The molecule has 0 spiro atoms. The van der Waals surface area contributed by atoms with Crippen LogP contribution in [0.3, 0.4) is 0 Å². The maximum atomic E-state index is 12.8. The molecule has 0 radical (unpaired) electrons. The summed E-state index contributed by atoms with van der Waals surface area (Å²) in [6.45, 7) is 1.81. The van der Waals surface area contributed by atoms with Crippen LogP contribution in [0.15, 0.2) is 59.8 Å². The maximum absolute atomic E-state index is 12.8. The van der Waals surface area contributed by atoms with Gasteiger partial charge in [0.1, 0.15) is 5.75 Å². The number of urea groups is 1. The van der Waals surface area contributed by atoms with Gasteiger partial charge in [0.15, 0.2) is 0 Å². The molecule has 0 bridgehead atoms. The molecule has 0 aromatic heterocycles. The summed E-state index contributed by atoms with van der Waals surface area (Å²) in [6.07, 6.45) is -4.53. The van der Waals surface area contributed by atoms with Crippen LogP contribution in [0.1, 0.15) is 35.3 Å². The van der Waals surface area contributed by atoms with E-state index in [9.17, 15) is 32.7 Å². The van der Waals surface area contributed by atoms with E-state index >= 15 is 0 Å². The van der Waals surface area contributed by atoms with Crippen LogP contribution < -0.4 is 10.1 Å². The predicted molar refractivity (Wildman–Crippen MR) is 124 cm³/mol. The Kier molecular flexibility index (Phi) is 8.13. The highest BCUT2D eigenvalue weighted by molar-refractivity contribution is 6.30. The van der Waals surface area contributed by atoms with E-state index in [1.54, 1.807) is 24.3 Å². The van der Waals surface area contributed by atoms with Crippen molar-refractivity contribution in [3.8, 4) is 5.75 Å². The number of carboxylic acids is 1. The first kappa shape index (κ1) is 26.9. The van der Waals surface area contributed by atoms with Crippen LogP contribution in [0.2, 0.25) is 5.02 Å². The number of allylic oxidation sites excluding steroid dienone is 1. The number of hydrogen-bond donors (Lipinski definition) is 2. The van der Waals surface area contributed by atoms with Crippen LogP contribution in [0.5, 0.6) is 5.75 Å². The lowest BCUT2D eigenvalue weighted by molar-refractivity contribution is -0.274. The van der Waals surface area contributed by atoms with Crippen molar-refractivity contribution in [2.24, 2.45) is 0 Å². The van der Waals surface area contributed by atoms with Crippen molar-refractivity contribution in [2.45, 2.75) is 25.7 Å². The molecule has 0 saturated heterocycles. The Balaban J connectivity index is 1.71. The van der Waals surface area contributed by atoms with Crippen molar-refractivity contribution in [3.05, 3.63) is 76.0 Å². The fraction of sp³-hybridized carbons (Fsp3) is 0.292. The van der Waals surface area contributed by atoms with Crippen LogP contribution in [-0.2, 0) is 4.79 Å². The Morgan fingerprint density at radius 1 is 1.19 bits per heavy atom. The summed E-state index contributed by atoms with van der Waals surface area (Å²) in [6, 6.07) is 9.73. The van der Waals surface area contributed by atoms with E-state index in [0.29, 0.717) is 17.0 Å². The predicted octanol–water partition coefficient (Wildman–Crippen LogP) is 4.83. The van der Waals surface area contributed by atoms with E-state index in [1.807, 2.05) is 0 Å². The van der Waals surface area contributed by atoms with Gasteiger partial charge in [-0.15, -0.1) is 13.2 Å². The van der Waals surface area contributed by atoms with Gasteiger partial charge in [-0.05, 0) is 55.3 Å². The first-order chi connectivity index (χ1) is 16.9. The summed E-state index contributed by atoms with van der Waals surface area (Å²) >= 11 is 6.10. The maximum Gasteiger partial charge on any atom is 0.573 e. The van der Waals surface area contributed by atoms with E-state index < -0.39 is 36.1 Å². The molecule has 12 heteroatoms. The van der Waals surface area contributed by atoms with Crippen molar-refractivity contribution in [2.75, 3.05) is 20.1 Å². The molecule has 3 amide bonds. The van der Waals surface area contributed by atoms with Crippen LogP contribution in [0.25, 0.3) is 0 Å². The standard InChI is InChI=1S/C24H23ClF3N3O5/c1-14-19(22(33)34)20(16-5-3-6-17(25)13-16)31(23(35)29-14)12-4-11-30(2)21(32)15-7-9-18(10-8-15)36-24(26,27)28/h3,5-10,13,20H,4,11-12H2,1-2H3,(H,29,35)(H,33,34). The number of nitrogens with zero attached hydrogens (tertiary/aromatic N) is 2. The van der Waals surface area contributed by atoms with Gasteiger partial charge in [-0.3, -0.25) is 4.79 Å². The Hall–Kier alpha value is -3.73. The minimum atomic E-state index is -4.83. The summed E-state index contributed by atoms with van der Waals surface area (Å²) in [5.74, 6) is -2.07. The highest BCUT2D eigenvalue weighted by atomic mass is 35.5. The fourth-order valence-corrected chi connectivity index (χ4v) is 4.11. The van der Waals surface area contributed by atoms with Crippen molar-refractivity contribution in [1.82, 2.24) is 15.1 Å². The monoisotopic (exact) mass is 525 g/mol. The molecule has 3 rings (SSSR count). The second-order valence-electron chi connectivity index (χ2n) is 8.08. The Morgan fingerprint density at radius 3 is 2.44 bits per heavy atom. The molecule has 0 fully saturated rings. The SMILES string of the molecule is CC1=C(C(=O)O)C(c2cccc(Cl)c2)N(CCCN(C)C(=O)c2ccc(OC(F)(F)F)cc2)C(=O)N1. The van der Waals surface area contributed by atoms with E-state index in [1.165, 1.54) is 35.9 Å². The number of amides is 3. The lowest BCUT2D eigenvalue weighted by Crippen LogP contribution is -2.49.